The van der Waals surface area contributed by atoms with Crippen LogP contribution in [-0.2, 0) is 14.3 Å². The highest BCUT2D eigenvalue weighted by Gasteiger charge is 2.55. The Labute approximate surface area is 209 Å². The molecule has 2 aromatic rings. The minimum absolute atomic E-state index is 0.161. The second-order valence-electron chi connectivity index (χ2n) is 10.2. The topological polar surface area (TPSA) is 54.0 Å². The number of carbonyl (C=O) groups is 1. The smallest absolute Gasteiger partial charge is 0.347 e. The van der Waals surface area contributed by atoms with Crippen LogP contribution in [0.1, 0.15) is 38.4 Å². The Morgan fingerprint density at radius 3 is 2.31 bits per heavy atom. The Bertz CT molecular complexity index is 1060. The van der Waals surface area contributed by atoms with Gasteiger partial charge in [-0.05, 0) is 56.5 Å². The predicted molar refractivity (Wildman–Crippen MR) is 129 cm³/mol. The maximum absolute atomic E-state index is 13.0. The Morgan fingerprint density at radius 1 is 1.03 bits per heavy atom. The molecule has 3 saturated heterocycles. The lowest BCUT2D eigenvalue weighted by Gasteiger charge is -2.40. The molecule has 0 spiro atoms. The van der Waals surface area contributed by atoms with E-state index in [1.54, 1.807) is 13.8 Å². The number of halogens is 3. The van der Waals surface area contributed by atoms with Crippen molar-refractivity contribution in [3.8, 4) is 11.1 Å². The summed E-state index contributed by atoms with van der Waals surface area (Å²) in [4.78, 5) is 16.2. The highest BCUT2D eigenvalue weighted by atomic mass is 19.4. The number of likely N-dealkylation sites (tertiary alicyclic amines) is 2. The van der Waals surface area contributed by atoms with Crippen molar-refractivity contribution in [2.75, 3.05) is 26.2 Å². The lowest BCUT2D eigenvalue weighted by atomic mass is 10.0. The zero-order valence-corrected chi connectivity index (χ0v) is 20.5. The Balaban J connectivity index is 1.45. The van der Waals surface area contributed by atoms with E-state index in [1.807, 2.05) is 18.2 Å². The number of amides is 1. The first-order chi connectivity index (χ1) is 17.1. The Hall–Kier alpha value is -2.46. The Morgan fingerprint density at radius 2 is 1.67 bits per heavy atom. The summed E-state index contributed by atoms with van der Waals surface area (Å²) >= 11 is 0. The highest BCUT2D eigenvalue weighted by molar-refractivity contribution is 5.81. The Kier molecular flexibility index (Phi) is 6.84. The number of hydrogen-bond acceptors (Lipinski definition) is 5. The zero-order valence-electron chi connectivity index (χ0n) is 20.5. The molecule has 36 heavy (non-hydrogen) atoms. The van der Waals surface area contributed by atoms with Crippen LogP contribution in [0.3, 0.4) is 0 Å². The van der Waals surface area contributed by atoms with Crippen LogP contribution in [0.4, 0.5) is 13.2 Å². The summed E-state index contributed by atoms with van der Waals surface area (Å²) in [6, 6.07) is 18.0. The summed E-state index contributed by atoms with van der Waals surface area (Å²) in [5.41, 5.74) is 3.28. The fraction of sp³-hybridized carbons (Fsp3) is 0.519. The monoisotopic (exact) mass is 503 g/mol. The van der Waals surface area contributed by atoms with Crippen molar-refractivity contribution in [2.24, 2.45) is 0 Å². The third-order valence-corrected chi connectivity index (χ3v) is 7.26. The van der Waals surface area contributed by atoms with Gasteiger partial charge in [-0.15, -0.1) is 0 Å². The van der Waals surface area contributed by atoms with Gasteiger partial charge in [-0.2, -0.15) is 13.2 Å². The summed E-state index contributed by atoms with van der Waals surface area (Å²) in [5, 5.41) is 2.10. The number of ether oxygens (including phenoxy) is 2. The second-order valence-corrected chi connectivity index (χ2v) is 10.2. The highest BCUT2D eigenvalue weighted by Crippen LogP contribution is 2.42. The molecule has 1 unspecified atom stereocenters. The number of benzene rings is 2. The number of carbonyl (C=O) groups excluding carboxylic acids is 1. The van der Waals surface area contributed by atoms with Crippen LogP contribution in [0.15, 0.2) is 54.6 Å². The first-order valence-electron chi connectivity index (χ1n) is 12.5. The number of hydrogen-bond donors (Lipinski definition) is 1. The van der Waals surface area contributed by atoms with Crippen molar-refractivity contribution >= 4 is 5.91 Å². The third-order valence-electron chi connectivity index (χ3n) is 7.26. The van der Waals surface area contributed by atoms with Crippen molar-refractivity contribution in [2.45, 2.75) is 63.1 Å². The normalized spacial score (nSPS) is 27.2. The molecule has 2 aromatic carbocycles. The van der Waals surface area contributed by atoms with Crippen LogP contribution >= 0.6 is 0 Å². The molecule has 3 aliphatic heterocycles. The molecule has 6 nitrogen and oxygen atoms in total. The number of rotatable bonds is 6. The molecule has 5 rings (SSSR count). The standard InChI is InChI=1S/C27H32F3N3O3/c1-26(2)35-22-17-33(21(23(22)36-26)16-31-25(34)27(28,29)30)24(32-14-6-7-15-32)20-12-10-19(11-13-20)18-8-4-3-5-9-18/h3-5,8-13,21-24H,6-7,14-17H2,1-2H3,(H,31,34)/t21-,22-,23+,24?/m0/s1. The number of nitrogens with one attached hydrogen (secondary N) is 1. The summed E-state index contributed by atoms with van der Waals surface area (Å²) in [6.07, 6.45) is -3.70. The largest absolute Gasteiger partial charge is 0.471 e. The molecule has 0 saturated carbocycles. The number of fused-ring (bicyclic) bond motifs is 1. The molecule has 3 fully saturated rings. The fourth-order valence-electron chi connectivity index (χ4n) is 5.75. The van der Waals surface area contributed by atoms with Gasteiger partial charge < -0.3 is 14.8 Å². The molecular weight excluding hydrogens is 471 g/mol. The molecule has 0 aliphatic carbocycles. The fourth-order valence-corrected chi connectivity index (χ4v) is 5.75. The zero-order chi connectivity index (χ0) is 25.5. The lowest BCUT2D eigenvalue weighted by Crippen LogP contribution is -2.52. The molecule has 3 aliphatic rings. The second kappa shape index (κ2) is 9.78. The van der Waals surface area contributed by atoms with Crippen LogP contribution in [0.5, 0.6) is 0 Å². The summed E-state index contributed by atoms with van der Waals surface area (Å²) in [7, 11) is 0. The summed E-state index contributed by atoms with van der Waals surface area (Å²) < 4.78 is 51.2. The van der Waals surface area contributed by atoms with E-state index in [1.165, 1.54) is 0 Å². The summed E-state index contributed by atoms with van der Waals surface area (Å²) in [6.45, 7) is 5.73. The maximum atomic E-state index is 13.0. The van der Waals surface area contributed by atoms with Gasteiger partial charge in [-0.3, -0.25) is 14.6 Å². The first kappa shape index (κ1) is 25.2. The number of alkyl halides is 3. The van der Waals surface area contributed by atoms with Gasteiger partial charge in [0.25, 0.3) is 0 Å². The number of nitrogens with zero attached hydrogens (tertiary/aromatic N) is 2. The van der Waals surface area contributed by atoms with Crippen LogP contribution in [0.25, 0.3) is 11.1 Å². The molecule has 9 heteroatoms. The van der Waals surface area contributed by atoms with Crippen molar-refractivity contribution in [3.05, 3.63) is 60.2 Å². The van der Waals surface area contributed by atoms with E-state index in [-0.39, 0.29) is 18.8 Å². The van der Waals surface area contributed by atoms with E-state index in [0.29, 0.717) is 6.54 Å². The molecule has 0 radical (unpaired) electrons. The van der Waals surface area contributed by atoms with E-state index >= 15 is 0 Å². The average Bonchev–Trinajstić information content (AvgIpc) is 3.54. The van der Waals surface area contributed by atoms with Gasteiger partial charge in [0.2, 0.25) is 0 Å². The first-order valence-corrected chi connectivity index (χ1v) is 12.5. The van der Waals surface area contributed by atoms with Crippen LogP contribution in [0.2, 0.25) is 0 Å². The van der Waals surface area contributed by atoms with Gasteiger partial charge in [-0.1, -0.05) is 54.6 Å². The van der Waals surface area contributed by atoms with Gasteiger partial charge >= 0.3 is 12.1 Å². The minimum atomic E-state index is -4.93. The maximum Gasteiger partial charge on any atom is 0.471 e. The molecule has 1 amide bonds. The molecule has 194 valence electrons. The van der Waals surface area contributed by atoms with Gasteiger partial charge in [0.05, 0.1) is 12.2 Å². The molecule has 0 bridgehead atoms. The van der Waals surface area contributed by atoms with Gasteiger partial charge in [0.1, 0.15) is 12.2 Å². The van der Waals surface area contributed by atoms with E-state index < -0.39 is 30.0 Å². The van der Waals surface area contributed by atoms with Crippen LogP contribution < -0.4 is 5.32 Å². The van der Waals surface area contributed by atoms with Gasteiger partial charge in [0, 0.05) is 13.1 Å². The summed E-state index contributed by atoms with van der Waals surface area (Å²) in [5.74, 6) is -2.76. The molecule has 3 heterocycles. The van der Waals surface area contributed by atoms with E-state index in [2.05, 4.69) is 51.5 Å². The average molecular weight is 504 g/mol. The van der Waals surface area contributed by atoms with Crippen molar-refractivity contribution in [1.29, 1.82) is 0 Å². The van der Waals surface area contributed by atoms with Crippen LogP contribution in [-0.4, -0.2) is 72.1 Å². The van der Waals surface area contributed by atoms with E-state index in [0.717, 1.165) is 42.6 Å². The molecule has 4 atom stereocenters. The molecule has 0 aromatic heterocycles. The van der Waals surface area contributed by atoms with Gasteiger partial charge in [-0.25, -0.2) is 0 Å². The lowest BCUT2D eigenvalue weighted by molar-refractivity contribution is -0.176. The molecule has 1 N–H and O–H groups in total. The van der Waals surface area contributed by atoms with E-state index in [4.69, 9.17) is 9.47 Å². The minimum Gasteiger partial charge on any atom is -0.347 e. The quantitative estimate of drug-likeness (QED) is 0.636. The van der Waals surface area contributed by atoms with Crippen molar-refractivity contribution in [3.63, 3.8) is 0 Å². The third kappa shape index (κ3) is 5.16. The van der Waals surface area contributed by atoms with E-state index in [9.17, 15) is 18.0 Å². The van der Waals surface area contributed by atoms with Crippen LogP contribution in [0, 0.1) is 0 Å². The van der Waals surface area contributed by atoms with Crippen molar-refractivity contribution in [1.82, 2.24) is 15.1 Å². The molecular formula is C27H32F3N3O3. The SMILES string of the molecule is CC1(C)O[C@H]2[C@H](CN(C(c3ccc(-c4ccccc4)cc3)N3CCCC3)[C@H]2CNC(=O)C(F)(F)F)O1. The van der Waals surface area contributed by atoms with Crippen molar-refractivity contribution < 1.29 is 27.4 Å². The predicted octanol–water partition coefficient (Wildman–Crippen LogP) is 4.33. The van der Waals surface area contributed by atoms with Gasteiger partial charge in [0.15, 0.2) is 5.79 Å².